The molecule has 2 atom stereocenters. The molecule has 104 valence electrons. The Morgan fingerprint density at radius 1 is 1.05 bits per heavy atom. The number of fused-ring (bicyclic) bond motifs is 1. The lowest BCUT2D eigenvalue weighted by atomic mass is 10.00. The van der Waals surface area contributed by atoms with Gasteiger partial charge in [0.05, 0.1) is 0 Å². The van der Waals surface area contributed by atoms with Gasteiger partial charge in [-0.25, -0.2) is 4.39 Å². The van der Waals surface area contributed by atoms with E-state index in [0.717, 1.165) is 19.3 Å². The number of nitrogens with two attached hydrogens (primary N) is 1. The molecule has 0 aromatic heterocycles. The highest BCUT2D eigenvalue weighted by Crippen LogP contribution is 2.38. The molecule has 1 aliphatic carbocycles. The Bertz CT molecular complexity index is 599. The highest BCUT2D eigenvalue weighted by atomic mass is 32.2. The molecule has 2 aromatic rings. The van der Waals surface area contributed by atoms with Crippen LogP contribution in [0.2, 0.25) is 0 Å². The van der Waals surface area contributed by atoms with E-state index in [9.17, 15) is 4.39 Å². The second kappa shape index (κ2) is 5.98. The number of thioether (sulfide) groups is 1. The Morgan fingerprint density at radius 3 is 2.65 bits per heavy atom. The average Bonchev–Trinajstić information content (AvgIpc) is 2.62. The maximum Gasteiger partial charge on any atom is 0.136 e. The van der Waals surface area contributed by atoms with Crippen LogP contribution in [0.3, 0.4) is 0 Å². The average molecular weight is 287 g/mol. The minimum absolute atomic E-state index is 0.0293. The Hall–Kier alpha value is -1.32. The van der Waals surface area contributed by atoms with Crippen LogP contribution in [-0.4, -0.2) is 5.25 Å². The van der Waals surface area contributed by atoms with Gasteiger partial charge in [0.1, 0.15) is 5.82 Å². The van der Waals surface area contributed by atoms with Gasteiger partial charge >= 0.3 is 0 Å². The lowest BCUT2D eigenvalue weighted by Gasteiger charge is -2.22. The molecule has 0 saturated heterocycles. The van der Waals surface area contributed by atoms with E-state index in [1.807, 2.05) is 18.2 Å². The maximum absolute atomic E-state index is 13.8. The van der Waals surface area contributed by atoms with E-state index < -0.39 is 0 Å². The maximum atomic E-state index is 13.8. The molecule has 0 amide bonds. The molecule has 3 rings (SSSR count). The molecular weight excluding hydrogens is 269 g/mol. The molecule has 3 heteroatoms. The third kappa shape index (κ3) is 2.74. The van der Waals surface area contributed by atoms with Gasteiger partial charge in [-0.3, -0.25) is 0 Å². The Labute approximate surface area is 123 Å². The third-order valence-corrected chi connectivity index (χ3v) is 5.28. The van der Waals surface area contributed by atoms with Crippen LogP contribution in [0.5, 0.6) is 0 Å². The summed E-state index contributed by atoms with van der Waals surface area (Å²) in [5.74, 6) is -0.151. The summed E-state index contributed by atoms with van der Waals surface area (Å²) >= 11 is 1.58. The minimum Gasteiger partial charge on any atom is -0.323 e. The van der Waals surface area contributed by atoms with Crippen LogP contribution in [0.15, 0.2) is 53.4 Å². The zero-order valence-corrected chi connectivity index (χ0v) is 12.1. The van der Waals surface area contributed by atoms with Crippen LogP contribution >= 0.6 is 11.8 Å². The van der Waals surface area contributed by atoms with Gasteiger partial charge in [-0.15, -0.1) is 11.8 Å². The fraction of sp³-hybridized carbons (Fsp3) is 0.294. The highest BCUT2D eigenvalue weighted by Gasteiger charge is 2.26. The van der Waals surface area contributed by atoms with Gasteiger partial charge in [-0.2, -0.15) is 0 Å². The van der Waals surface area contributed by atoms with Crippen molar-refractivity contribution < 1.29 is 4.39 Å². The summed E-state index contributed by atoms with van der Waals surface area (Å²) in [4.78, 5) is 0.701. The van der Waals surface area contributed by atoms with Crippen LogP contribution in [-0.2, 0) is 6.42 Å². The molecule has 0 aliphatic heterocycles. The van der Waals surface area contributed by atoms with Gasteiger partial charge < -0.3 is 5.73 Å². The Kier molecular flexibility index (Phi) is 4.08. The molecule has 1 nitrogen and oxygen atoms in total. The van der Waals surface area contributed by atoms with Crippen molar-refractivity contribution >= 4 is 11.8 Å². The number of aryl methyl sites for hydroxylation is 1. The zero-order chi connectivity index (χ0) is 13.9. The van der Waals surface area contributed by atoms with Crippen LogP contribution in [0.4, 0.5) is 4.39 Å². The predicted molar refractivity (Wildman–Crippen MR) is 82.4 cm³/mol. The fourth-order valence-electron chi connectivity index (χ4n) is 2.80. The van der Waals surface area contributed by atoms with Gasteiger partial charge in [-0.05, 0) is 42.5 Å². The summed E-state index contributed by atoms with van der Waals surface area (Å²) in [7, 11) is 0. The second-order valence-electron chi connectivity index (χ2n) is 5.20. The number of hydrogen-bond donors (Lipinski definition) is 1. The van der Waals surface area contributed by atoms with Crippen LogP contribution in [0.1, 0.15) is 30.0 Å². The van der Waals surface area contributed by atoms with Crippen molar-refractivity contribution in [2.45, 2.75) is 35.4 Å². The molecule has 0 saturated carbocycles. The first-order valence-electron chi connectivity index (χ1n) is 7.00. The first-order chi connectivity index (χ1) is 9.75. The number of benzene rings is 2. The van der Waals surface area contributed by atoms with E-state index in [4.69, 9.17) is 5.73 Å². The third-order valence-electron chi connectivity index (χ3n) is 3.86. The summed E-state index contributed by atoms with van der Waals surface area (Å²) < 4.78 is 13.8. The van der Waals surface area contributed by atoms with Crippen LogP contribution in [0.25, 0.3) is 0 Å². The molecule has 0 heterocycles. The van der Waals surface area contributed by atoms with Crippen LogP contribution in [0, 0.1) is 5.82 Å². The Balaban J connectivity index is 1.86. The number of halogens is 1. The molecule has 0 bridgehead atoms. The summed E-state index contributed by atoms with van der Waals surface area (Å²) in [6.45, 7) is 0. The smallest absolute Gasteiger partial charge is 0.136 e. The van der Waals surface area contributed by atoms with E-state index in [0.29, 0.717) is 4.90 Å². The number of hydrogen-bond acceptors (Lipinski definition) is 2. The summed E-state index contributed by atoms with van der Waals surface area (Å²) in [6, 6.07) is 15.3. The van der Waals surface area contributed by atoms with Crippen molar-refractivity contribution in [2.75, 3.05) is 0 Å². The van der Waals surface area contributed by atoms with E-state index in [-0.39, 0.29) is 17.1 Å². The van der Waals surface area contributed by atoms with Crippen molar-refractivity contribution in [2.24, 2.45) is 5.73 Å². The summed E-state index contributed by atoms with van der Waals surface area (Å²) in [6.07, 6.45) is 3.20. The molecule has 2 aromatic carbocycles. The van der Waals surface area contributed by atoms with Gasteiger partial charge in [0, 0.05) is 16.2 Å². The van der Waals surface area contributed by atoms with Crippen molar-refractivity contribution in [3.8, 4) is 0 Å². The summed E-state index contributed by atoms with van der Waals surface area (Å²) in [5.41, 5.74) is 9.01. The summed E-state index contributed by atoms with van der Waals surface area (Å²) in [5, 5.41) is 0.232. The molecular formula is C17H18FNS. The molecule has 0 radical (unpaired) electrons. The standard InChI is InChI=1S/C17H18FNS/c18-14-9-3-4-10-15(14)20-16-11-5-7-12-6-1-2-8-13(12)17(16)19/h1-4,6,8-10,16-17H,5,7,11,19H2. The molecule has 20 heavy (non-hydrogen) atoms. The minimum atomic E-state index is -0.151. The second-order valence-corrected chi connectivity index (χ2v) is 6.48. The Morgan fingerprint density at radius 2 is 1.80 bits per heavy atom. The normalized spacial score (nSPS) is 22.1. The van der Waals surface area contributed by atoms with Gasteiger partial charge in [0.25, 0.3) is 0 Å². The SMILES string of the molecule is NC1c2ccccc2CCCC1Sc1ccccc1F. The first kappa shape index (κ1) is 13.7. The largest absolute Gasteiger partial charge is 0.323 e. The first-order valence-corrected chi connectivity index (χ1v) is 7.88. The highest BCUT2D eigenvalue weighted by molar-refractivity contribution is 8.00. The van der Waals surface area contributed by atoms with Gasteiger partial charge in [0.15, 0.2) is 0 Å². The molecule has 2 N–H and O–H groups in total. The predicted octanol–water partition coefficient (Wildman–Crippen LogP) is 4.32. The quantitative estimate of drug-likeness (QED) is 0.832. The van der Waals surface area contributed by atoms with E-state index in [1.54, 1.807) is 17.8 Å². The van der Waals surface area contributed by atoms with Crippen molar-refractivity contribution in [3.63, 3.8) is 0 Å². The van der Waals surface area contributed by atoms with E-state index in [1.165, 1.54) is 17.2 Å². The number of rotatable bonds is 2. The van der Waals surface area contributed by atoms with Crippen molar-refractivity contribution in [3.05, 3.63) is 65.5 Å². The molecule has 1 aliphatic rings. The van der Waals surface area contributed by atoms with Crippen molar-refractivity contribution in [1.82, 2.24) is 0 Å². The molecule has 0 fully saturated rings. The van der Waals surface area contributed by atoms with E-state index >= 15 is 0 Å². The molecule has 0 spiro atoms. The topological polar surface area (TPSA) is 26.0 Å². The fourth-order valence-corrected chi connectivity index (χ4v) is 4.04. The zero-order valence-electron chi connectivity index (χ0n) is 11.3. The monoisotopic (exact) mass is 287 g/mol. The lowest BCUT2D eigenvalue weighted by molar-refractivity contribution is 0.596. The van der Waals surface area contributed by atoms with Crippen molar-refractivity contribution in [1.29, 1.82) is 0 Å². The van der Waals surface area contributed by atoms with Gasteiger partial charge in [0.2, 0.25) is 0 Å². The van der Waals surface area contributed by atoms with Gasteiger partial charge in [-0.1, -0.05) is 36.4 Å². The van der Waals surface area contributed by atoms with Crippen LogP contribution < -0.4 is 5.73 Å². The van der Waals surface area contributed by atoms with E-state index in [2.05, 4.69) is 18.2 Å². The lowest BCUT2D eigenvalue weighted by Crippen LogP contribution is -2.23. The molecule has 2 unspecified atom stereocenters.